The molecule has 1 heterocycles. The van der Waals surface area contributed by atoms with Gasteiger partial charge in [-0.3, -0.25) is 4.79 Å². The Kier molecular flexibility index (Phi) is 5.51. The molecule has 4 nitrogen and oxygen atoms in total. The van der Waals surface area contributed by atoms with Gasteiger partial charge in [-0.1, -0.05) is 11.6 Å². The molecule has 110 valence electrons. The third-order valence-electron chi connectivity index (χ3n) is 3.37. The summed E-state index contributed by atoms with van der Waals surface area (Å²) in [5, 5.41) is 3.50. The number of carbonyl (C=O) groups excluding carboxylic acids is 1. The van der Waals surface area contributed by atoms with Crippen LogP contribution in [0.15, 0.2) is 12.1 Å². The predicted molar refractivity (Wildman–Crippen MR) is 86.6 cm³/mol. The van der Waals surface area contributed by atoms with Gasteiger partial charge in [-0.05, 0) is 54.5 Å². The Hall–Kier alpha value is -0.530. The van der Waals surface area contributed by atoms with E-state index in [-0.39, 0.29) is 18.1 Å². The highest BCUT2D eigenvalue weighted by Crippen LogP contribution is 2.28. The molecule has 0 spiro atoms. The lowest BCUT2D eigenvalue weighted by Gasteiger charge is -2.20. The lowest BCUT2D eigenvalue weighted by atomic mass is 10.1. The first kappa shape index (κ1) is 15.9. The summed E-state index contributed by atoms with van der Waals surface area (Å²) in [6.07, 6.45) is 2.11. The Morgan fingerprint density at radius 1 is 1.60 bits per heavy atom. The number of nitrogens with one attached hydrogen (secondary N) is 1. The summed E-state index contributed by atoms with van der Waals surface area (Å²) in [4.78, 5) is 12.3. The number of hydrogen-bond acceptors (Lipinski definition) is 3. The van der Waals surface area contributed by atoms with Gasteiger partial charge in [0, 0.05) is 10.2 Å². The average molecular weight is 410 g/mol. The van der Waals surface area contributed by atoms with Gasteiger partial charge in [0.05, 0.1) is 29.8 Å². The molecule has 1 saturated heterocycles. The van der Waals surface area contributed by atoms with Gasteiger partial charge < -0.3 is 14.8 Å². The van der Waals surface area contributed by atoms with E-state index in [4.69, 9.17) is 21.1 Å². The second kappa shape index (κ2) is 6.95. The highest BCUT2D eigenvalue weighted by molar-refractivity contribution is 14.1. The fourth-order valence-corrected chi connectivity index (χ4v) is 2.85. The van der Waals surface area contributed by atoms with Crippen molar-refractivity contribution in [2.45, 2.75) is 31.9 Å². The van der Waals surface area contributed by atoms with E-state index in [0.717, 1.165) is 23.0 Å². The topological polar surface area (TPSA) is 47.6 Å². The number of hydrogen-bond donors (Lipinski definition) is 1. The molecule has 0 aliphatic carbocycles. The van der Waals surface area contributed by atoms with Crippen LogP contribution in [0.2, 0.25) is 5.02 Å². The highest BCUT2D eigenvalue weighted by Gasteiger charge is 2.25. The number of benzene rings is 1. The molecule has 20 heavy (non-hydrogen) atoms. The van der Waals surface area contributed by atoms with E-state index in [1.54, 1.807) is 19.2 Å². The van der Waals surface area contributed by atoms with Gasteiger partial charge in [0.25, 0.3) is 5.91 Å². The van der Waals surface area contributed by atoms with E-state index < -0.39 is 0 Å². The molecule has 1 aliphatic rings. The first-order valence-electron chi connectivity index (χ1n) is 6.48. The van der Waals surface area contributed by atoms with Gasteiger partial charge in [-0.25, -0.2) is 0 Å². The largest absolute Gasteiger partial charge is 0.496 e. The third kappa shape index (κ3) is 3.56. The number of ether oxygens (including phenoxy) is 2. The van der Waals surface area contributed by atoms with E-state index in [2.05, 4.69) is 27.9 Å². The monoisotopic (exact) mass is 409 g/mol. The van der Waals surface area contributed by atoms with Gasteiger partial charge >= 0.3 is 0 Å². The second-order valence-corrected chi connectivity index (χ2v) is 6.35. The molecule has 1 N–H and O–H groups in total. The lowest BCUT2D eigenvalue weighted by molar-refractivity contribution is 0.0710. The van der Waals surface area contributed by atoms with Crippen molar-refractivity contribution in [3.8, 4) is 5.75 Å². The molecule has 6 heteroatoms. The Balaban J connectivity index is 2.14. The fraction of sp³-hybridized carbons (Fsp3) is 0.500. The maximum absolute atomic E-state index is 12.3. The molecule has 1 fully saturated rings. The van der Waals surface area contributed by atoms with Gasteiger partial charge in [0.2, 0.25) is 0 Å². The van der Waals surface area contributed by atoms with Crippen molar-refractivity contribution < 1.29 is 14.3 Å². The normalized spacial score (nSPS) is 19.7. The quantitative estimate of drug-likeness (QED) is 0.777. The SMILES string of the molecule is COc1cc(I)c(Cl)cc1C(=O)N[C@H](C)[C@@H]1CCCO1. The lowest BCUT2D eigenvalue weighted by Crippen LogP contribution is -2.40. The molecule has 0 bridgehead atoms. The van der Waals surface area contributed by atoms with Gasteiger partial charge in [0.1, 0.15) is 5.75 Å². The first-order chi connectivity index (χ1) is 9.52. The molecule has 0 radical (unpaired) electrons. The molecule has 1 aromatic rings. The van der Waals surface area contributed by atoms with Crippen LogP contribution in [0.4, 0.5) is 0 Å². The van der Waals surface area contributed by atoms with Gasteiger partial charge in [-0.2, -0.15) is 0 Å². The standard InChI is InChI=1S/C14H17ClINO3/c1-8(12-4-3-5-20-12)17-14(18)9-6-10(15)11(16)7-13(9)19-2/h6-8,12H,3-5H2,1-2H3,(H,17,18)/t8-,12+/m1/s1. The molecule has 1 amide bonds. The summed E-state index contributed by atoms with van der Waals surface area (Å²) in [6.45, 7) is 2.72. The average Bonchev–Trinajstić information content (AvgIpc) is 2.95. The number of methoxy groups -OCH3 is 1. The van der Waals surface area contributed by atoms with Crippen LogP contribution in [0.25, 0.3) is 0 Å². The fourth-order valence-electron chi connectivity index (χ4n) is 2.25. The number of rotatable bonds is 4. The van der Waals surface area contributed by atoms with E-state index >= 15 is 0 Å². The van der Waals surface area contributed by atoms with Crippen LogP contribution in [-0.2, 0) is 4.74 Å². The van der Waals surface area contributed by atoms with Crippen LogP contribution in [0.5, 0.6) is 5.75 Å². The minimum atomic E-state index is -0.192. The molecule has 0 saturated carbocycles. The zero-order valence-corrected chi connectivity index (χ0v) is 14.3. The van der Waals surface area contributed by atoms with Crippen LogP contribution in [0.1, 0.15) is 30.1 Å². The van der Waals surface area contributed by atoms with Crippen molar-refractivity contribution in [2.24, 2.45) is 0 Å². The number of halogens is 2. The summed E-state index contributed by atoms with van der Waals surface area (Å²) >= 11 is 8.19. The Labute approximate surface area is 137 Å². The predicted octanol–water partition coefficient (Wildman–Crippen LogP) is 3.25. The van der Waals surface area contributed by atoms with Crippen molar-refractivity contribution in [3.63, 3.8) is 0 Å². The van der Waals surface area contributed by atoms with E-state index in [1.165, 1.54) is 0 Å². The Morgan fingerprint density at radius 2 is 2.35 bits per heavy atom. The maximum Gasteiger partial charge on any atom is 0.255 e. The van der Waals surface area contributed by atoms with E-state index in [9.17, 15) is 4.79 Å². The van der Waals surface area contributed by atoms with Crippen LogP contribution < -0.4 is 10.1 Å². The first-order valence-corrected chi connectivity index (χ1v) is 7.94. The third-order valence-corrected chi connectivity index (χ3v) is 4.89. The zero-order valence-electron chi connectivity index (χ0n) is 11.4. The van der Waals surface area contributed by atoms with E-state index in [0.29, 0.717) is 16.3 Å². The molecular formula is C14H17ClINO3. The van der Waals surface area contributed by atoms with Crippen molar-refractivity contribution >= 4 is 40.1 Å². The van der Waals surface area contributed by atoms with Crippen LogP contribution >= 0.6 is 34.2 Å². The second-order valence-electron chi connectivity index (χ2n) is 4.78. The molecule has 1 aliphatic heterocycles. The zero-order chi connectivity index (χ0) is 14.7. The summed E-state index contributed by atoms with van der Waals surface area (Å²) in [7, 11) is 1.54. The molecule has 2 atom stereocenters. The number of carbonyl (C=O) groups is 1. The Bertz CT molecular complexity index is 503. The van der Waals surface area contributed by atoms with Crippen LogP contribution in [0, 0.1) is 3.57 Å². The van der Waals surface area contributed by atoms with Gasteiger partial charge in [0.15, 0.2) is 0 Å². The highest BCUT2D eigenvalue weighted by atomic mass is 127. The van der Waals surface area contributed by atoms with E-state index in [1.807, 2.05) is 6.92 Å². The molecule has 1 aromatic carbocycles. The number of amides is 1. The summed E-state index contributed by atoms with van der Waals surface area (Å²) in [5.74, 6) is 0.332. The maximum atomic E-state index is 12.3. The Morgan fingerprint density at radius 3 is 2.95 bits per heavy atom. The molecular weight excluding hydrogens is 393 g/mol. The van der Waals surface area contributed by atoms with Crippen molar-refractivity contribution in [1.29, 1.82) is 0 Å². The summed E-state index contributed by atoms with van der Waals surface area (Å²) in [6, 6.07) is 3.36. The van der Waals surface area contributed by atoms with Crippen molar-refractivity contribution in [1.82, 2.24) is 5.32 Å². The van der Waals surface area contributed by atoms with Crippen LogP contribution in [0.3, 0.4) is 0 Å². The minimum Gasteiger partial charge on any atom is -0.496 e. The van der Waals surface area contributed by atoms with Gasteiger partial charge in [-0.15, -0.1) is 0 Å². The smallest absolute Gasteiger partial charge is 0.255 e. The molecule has 0 aromatic heterocycles. The van der Waals surface area contributed by atoms with Crippen molar-refractivity contribution in [3.05, 3.63) is 26.3 Å². The van der Waals surface area contributed by atoms with Crippen molar-refractivity contribution in [2.75, 3.05) is 13.7 Å². The molecule has 0 unspecified atom stereocenters. The minimum absolute atomic E-state index is 0.0345. The summed E-state index contributed by atoms with van der Waals surface area (Å²) in [5.41, 5.74) is 0.447. The molecule has 2 rings (SSSR count). The van der Waals surface area contributed by atoms with Crippen LogP contribution in [-0.4, -0.2) is 31.8 Å². The summed E-state index contributed by atoms with van der Waals surface area (Å²) < 4.78 is 11.7.